The molecule has 148 valence electrons. The standard InChI is InChI=1S/C18H24N8O2/c1-14-7-20-15(8-19-14)9-25-12-18(5-3-16(25)27)4-2-6-24(11-18)17(28)10-26-13-21-22-23-26/h7-8,13H,2-6,9-12H2,1H3. The molecule has 2 aliphatic heterocycles. The molecule has 0 saturated carbocycles. The number of nitrogens with zero attached hydrogens (tertiary/aromatic N) is 8. The molecule has 4 heterocycles. The highest BCUT2D eigenvalue weighted by Crippen LogP contribution is 2.39. The van der Waals surface area contributed by atoms with Gasteiger partial charge in [0.15, 0.2) is 0 Å². The van der Waals surface area contributed by atoms with Crippen molar-refractivity contribution in [3.63, 3.8) is 0 Å². The average Bonchev–Trinajstić information content (AvgIpc) is 3.20. The molecule has 28 heavy (non-hydrogen) atoms. The topological polar surface area (TPSA) is 110 Å². The third kappa shape index (κ3) is 4.00. The Morgan fingerprint density at radius 1 is 1.21 bits per heavy atom. The molecule has 1 atom stereocenters. The number of hydrogen-bond donors (Lipinski definition) is 0. The lowest BCUT2D eigenvalue weighted by molar-refractivity contribution is -0.144. The van der Waals surface area contributed by atoms with E-state index in [-0.39, 0.29) is 23.8 Å². The van der Waals surface area contributed by atoms with Gasteiger partial charge in [-0.2, -0.15) is 0 Å². The van der Waals surface area contributed by atoms with Gasteiger partial charge in [0.25, 0.3) is 0 Å². The van der Waals surface area contributed by atoms with Gasteiger partial charge in [0.05, 0.1) is 24.1 Å². The molecule has 2 aromatic heterocycles. The Bertz CT molecular complexity index is 838. The number of aromatic nitrogens is 6. The summed E-state index contributed by atoms with van der Waals surface area (Å²) in [5.74, 6) is 0.157. The molecule has 2 saturated heterocycles. The number of rotatable bonds is 4. The second kappa shape index (κ2) is 7.61. The van der Waals surface area contributed by atoms with Gasteiger partial charge < -0.3 is 9.80 Å². The van der Waals surface area contributed by atoms with Gasteiger partial charge in [-0.1, -0.05) is 0 Å². The second-order valence-corrected chi connectivity index (χ2v) is 7.83. The maximum atomic E-state index is 12.7. The summed E-state index contributed by atoms with van der Waals surface area (Å²) in [6.45, 7) is 4.55. The summed E-state index contributed by atoms with van der Waals surface area (Å²) in [6.07, 6.45) is 8.18. The summed E-state index contributed by atoms with van der Waals surface area (Å²) in [7, 11) is 0. The van der Waals surface area contributed by atoms with Crippen LogP contribution in [-0.4, -0.2) is 71.4 Å². The van der Waals surface area contributed by atoms with Gasteiger partial charge in [0.1, 0.15) is 12.9 Å². The van der Waals surface area contributed by atoms with E-state index in [1.807, 2.05) is 16.7 Å². The maximum absolute atomic E-state index is 12.7. The molecule has 1 spiro atoms. The summed E-state index contributed by atoms with van der Waals surface area (Å²) in [4.78, 5) is 37.6. The summed E-state index contributed by atoms with van der Waals surface area (Å²) in [6, 6.07) is 0. The van der Waals surface area contributed by atoms with E-state index in [1.54, 1.807) is 12.4 Å². The fourth-order valence-electron chi connectivity index (χ4n) is 4.19. The Labute approximate surface area is 162 Å². The Morgan fingerprint density at radius 3 is 2.86 bits per heavy atom. The molecule has 0 N–H and O–H groups in total. The van der Waals surface area contributed by atoms with E-state index in [0.29, 0.717) is 26.1 Å². The van der Waals surface area contributed by atoms with Crippen LogP contribution in [0.25, 0.3) is 0 Å². The second-order valence-electron chi connectivity index (χ2n) is 7.83. The normalized spacial score (nSPS) is 22.7. The van der Waals surface area contributed by atoms with Crippen molar-refractivity contribution in [2.45, 2.75) is 45.7 Å². The van der Waals surface area contributed by atoms with E-state index >= 15 is 0 Å². The van der Waals surface area contributed by atoms with Crippen LogP contribution in [0.4, 0.5) is 0 Å². The summed E-state index contributed by atoms with van der Waals surface area (Å²) >= 11 is 0. The van der Waals surface area contributed by atoms with Crippen LogP contribution >= 0.6 is 0 Å². The minimum atomic E-state index is -0.0550. The molecular weight excluding hydrogens is 360 g/mol. The molecule has 0 bridgehead atoms. The Kier molecular flexibility index (Phi) is 5.01. The number of likely N-dealkylation sites (tertiary alicyclic amines) is 2. The fraction of sp³-hybridized carbons (Fsp3) is 0.611. The SMILES string of the molecule is Cc1cnc(CN2CC3(CCCN(C(=O)Cn4cnnn4)C3)CCC2=O)cn1. The zero-order valence-electron chi connectivity index (χ0n) is 16.0. The predicted molar refractivity (Wildman–Crippen MR) is 97.5 cm³/mol. The quantitative estimate of drug-likeness (QED) is 0.741. The molecular formula is C18H24N8O2. The van der Waals surface area contributed by atoms with Crippen molar-refractivity contribution in [1.29, 1.82) is 0 Å². The first-order valence-electron chi connectivity index (χ1n) is 9.57. The van der Waals surface area contributed by atoms with E-state index < -0.39 is 0 Å². The third-order valence-corrected chi connectivity index (χ3v) is 5.64. The monoisotopic (exact) mass is 384 g/mol. The molecule has 4 rings (SSSR count). The average molecular weight is 384 g/mol. The zero-order valence-corrected chi connectivity index (χ0v) is 16.0. The van der Waals surface area contributed by atoms with Gasteiger partial charge in [-0.15, -0.1) is 5.10 Å². The first-order chi connectivity index (χ1) is 13.5. The molecule has 1 unspecified atom stereocenters. The van der Waals surface area contributed by atoms with Crippen LogP contribution in [0.3, 0.4) is 0 Å². The van der Waals surface area contributed by atoms with Crippen LogP contribution in [0.2, 0.25) is 0 Å². The zero-order chi connectivity index (χ0) is 19.6. The summed E-state index contributed by atoms with van der Waals surface area (Å²) in [5, 5.41) is 10.9. The van der Waals surface area contributed by atoms with Crippen molar-refractivity contribution in [3.05, 3.63) is 30.1 Å². The lowest BCUT2D eigenvalue weighted by Crippen LogP contribution is -2.55. The smallest absolute Gasteiger partial charge is 0.244 e. The fourth-order valence-corrected chi connectivity index (χ4v) is 4.19. The molecule has 2 amide bonds. The van der Waals surface area contributed by atoms with Crippen LogP contribution in [0, 0.1) is 12.3 Å². The molecule has 2 aromatic rings. The minimum absolute atomic E-state index is 0.0132. The highest BCUT2D eigenvalue weighted by Gasteiger charge is 2.42. The predicted octanol–water partition coefficient (Wildman–Crippen LogP) is 0.203. The van der Waals surface area contributed by atoms with E-state index in [9.17, 15) is 9.59 Å². The largest absolute Gasteiger partial charge is 0.340 e. The summed E-state index contributed by atoms with van der Waals surface area (Å²) in [5.41, 5.74) is 1.59. The van der Waals surface area contributed by atoms with Crippen LogP contribution in [0.5, 0.6) is 0 Å². The van der Waals surface area contributed by atoms with Gasteiger partial charge in [-0.05, 0) is 36.6 Å². The number of piperidine rings is 2. The number of aryl methyl sites for hydroxylation is 1. The van der Waals surface area contributed by atoms with E-state index in [1.165, 1.54) is 11.0 Å². The molecule has 2 aliphatic rings. The van der Waals surface area contributed by atoms with Crippen molar-refractivity contribution in [2.75, 3.05) is 19.6 Å². The number of amides is 2. The Balaban J connectivity index is 1.43. The van der Waals surface area contributed by atoms with Crippen LogP contribution in [-0.2, 0) is 22.7 Å². The van der Waals surface area contributed by atoms with Crippen molar-refractivity contribution in [3.8, 4) is 0 Å². The Hall–Kier alpha value is -2.91. The molecule has 0 radical (unpaired) electrons. The van der Waals surface area contributed by atoms with E-state index in [4.69, 9.17) is 0 Å². The molecule has 10 nitrogen and oxygen atoms in total. The van der Waals surface area contributed by atoms with Gasteiger partial charge in [0, 0.05) is 37.7 Å². The molecule has 0 aromatic carbocycles. The molecule has 10 heteroatoms. The van der Waals surface area contributed by atoms with Gasteiger partial charge in [-0.25, -0.2) is 4.68 Å². The lowest BCUT2D eigenvalue weighted by atomic mass is 9.73. The van der Waals surface area contributed by atoms with Crippen molar-refractivity contribution in [2.24, 2.45) is 5.41 Å². The highest BCUT2D eigenvalue weighted by atomic mass is 16.2. The van der Waals surface area contributed by atoms with Gasteiger partial charge in [0.2, 0.25) is 11.8 Å². The van der Waals surface area contributed by atoms with Gasteiger partial charge >= 0.3 is 0 Å². The van der Waals surface area contributed by atoms with Crippen LogP contribution in [0.1, 0.15) is 37.1 Å². The third-order valence-electron chi connectivity index (χ3n) is 5.64. The lowest BCUT2D eigenvalue weighted by Gasteiger charge is -2.48. The number of tetrazole rings is 1. The van der Waals surface area contributed by atoms with E-state index in [2.05, 4.69) is 25.5 Å². The van der Waals surface area contributed by atoms with Gasteiger partial charge in [-0.3, -0.25) is 19.6 Å². The Morgan fingerprint density at radius 2 is 2.11 bits per heavy atom. The number of carbonyl (C=O) groups excluding carboxylic acids is 2. The number of carbonyl (C=O) groups is 2. The van der Waals surface area contributed by atoms with E-state index in [0.717, 1.165) is 37.2 Å². The van der Waals surface area contributed by atoms with Crippen LogP contribution in [0.15, 0.2) is 18.7 Å². The summed E-state index contributed by atoms with van der Waals surface area (Å²) < 4.78 is 1.44. The first kappa shape index (κ1) is 18.5. The van der Waals surface area contributed by atoms with Crippen molar-refractivity contribution in [1.82, 2.24) is 40.0 Å². The molecule has 2 fully saturated rings. The highest BCUT2D eigenvalue weighted by molar-refractivity contribution is 5.78. The van der Waals surface area contributed by atoms with Crippen LogP contribution < -0.4 is 0 Å². The molecule has 0 aliphatic carbocycles. The van der Waals surface area contributed by atoms with Crippen molar-refractivity contribution >= 4 is 11.8 Å². The first-order valence-corrected chi connectivity index (χ1v) is 9.57. The minimum Gasteiger partial charge on any atom is -0.340 e. The maximum Gasteiger partial charge on any atom is 0.244 e. The number of hydrogen-bond acceptors (Lipinski definition) is 7. The van der Waals surface area contributed by atoms with Crippen molar-refractivity contribution < 1.29 is 9.59 Å².